The smallest absolute Gasteiger partial charge is 0.0960 e. The van der Waals surface area contributed by atoms with Crippen molar-refractivity contribution in [1.29, 1.82) is 0 Å². The predicted molar refractivity (Wildman–Crippen MR) is 76.4 cm³/mol. The lowest BCUT2D eigenvalue weighted by Gasteiger charge is -2.07. The highest BCUT2D eigenvalue weighted by Gasteiger charge is 1.98. The van der Waals surface area contributed by atoms with E-state index in [-0.39, 0.29) is 0 Å². The molecular weight excluding hydrogens is 228 g/mol. The summed E-state index contributed by atoms with van der Waals surface area (Å²) in [6.07, 6.45) is 4.51. The fourth-order valence-electron chi connectivity index (χ4n) is 1.43. The van der Waals surface area contributed by atoms with Crippen molar-refractivity contribution in [1.82, 2.24) is 10.3 Å². The number of hydrogen-bond donors (Lipinski definition) is 1. The zero-order chi connectivity index (χ0) is 12.5. The van der Waals surface area contributed by atoms with Crippen LogP contribution in [0.3, 0.4) is 0 Å². The monoisotopic (exact) mass is 252 g/mol. The number of aromatic nitrogens is 1. The lowest BCUT2D eigenvalue weighted by Crippen LogP contribution is -2.18. The molecule has 0 amide bonds. The van der Waals surface area contributed by atoms with Crippen molar-refractivity contribution in [3.8, 4) is 0 Å². The van der Waals surface area contributed by atoms with Gasteiger partial charge in [-0.05, 0) is 36.3 Å². The topological polar surface area (TPSA) is 24.9 Å². The third-order valence-corrected chi connectivity index (χ3v) is 3.46. The first-order valence-electron chi connectivity index (χ1n) is 6.50. The molecule has 0 aliphatic rings. The van der Waals surface area contributed by atoms with Crippen LogP contribution in [-0.2, 0) is 6.54 Å². The second kappa shape index (κ2) is 8.54. The van der Waals surface area contributed by atoms with Crippen molar-refractivity contribution in [2.24, 2.45) is 5.92 Å². The molecule has 1 aromatic heterocycles. The highest BCUT2D eigenvalue weighted by molar-refractivity contribution is 7.99. The van der Waals surface area contributed by atoms with Crippen LogP contribution in [0.25, 0.3) is 0 Å². The van der Waals surface area contributed by atoms with Gasteiger partial charge >= 0.3 is 0 Å². The van der Waals surface area contributed by atoms with Crippen molar-refractivity contribution in [3.05, 3.63) is 23.9 Å². The minimum absolute atomic E-state index is 0.701. The van der Waals surface area contributed by atoms with E-state index in [1.807, 2.05) is 18.0 Å². The standard InChI is InChI=1S/C14H24N2S/c1-4-5-8-17-14-7-6-13(11-16-14)10-15-9-12(2)3/h6-7,11-12,15H,4-5,8-10H2,1-3H3. The van der Waals surface area contributed by atoms with Crippen LogP contribution < -0.4 is 5.32 Å². The summed E-state index contributed by atoms with van der Waals surface area (Å²) in [5.41, 5.74) is 1.27. The number of unbranched alkanes of at least 4 members (excludes halogenated alkanes) is 1. The Labute approximate surface area is 110 Å². The summed E-state index contributed by atoms with van der Waals surface area (Å²) >= 11 is 1.85. The molecule has 0 saturated heterocycles. The van der Waals surface area contributed by atoms with Crippen LogP contribution in [-0.4, -0.2) is 17.3 Å². The Bertz CT molecular complexity index is 296. The average molecular weight is 252 g/mol. The molecule has 96 valence electrons. The lowest BCUT2D eigenvalue weighted by atomic mass is 10.2. The zero-order valence-electron chi connectivity index (χ0n) is 11.2. The van der Waals surface area contributed by atoms with Gasteiger partial charge in [0.2, 0.25) is 0 Å². The third-order valence-electron chi connectivity index (χ3n) is 2.43. The molecule has 0 aliphatic heterocycles. The van der Waals surface area contributed by atoms with E-state index in [4.69, 9.17) is 0 Å². The molecule has 0 unspecified atom stereocenters. The fraction of sp³-hybridized carbons (Fsp3) is 0.643. The van der Waals surface area contributed by atoms with Gasteiger partial charge in [-0.1, -0.05) is 33.3 Å². The number of pyridine rings is 1. The fourth-order valence-corrected chi connectivity index (χ4v) is 2.36. The summed E-state index contributed by atoms with van der Waals surface area (Å²) in [4.78, 5) is 4.47. The van der Waals surface area contributed by atoms with Crippen molar-refractivity contribution >= 4 is 11.8 Å². The first-order chi connectivity index (χ1) is 8.22. The van der Waals surface area contributed by atoms with Crippen molar-refractivity contribution in [3.63, 3.8) is 0 Å². The lowest BCUT2D eigenvalue weighted by molar-refractivity contribution is 0.551. The molecule has 1 heterocycles. The van der Waals surface area contributed by atoms with Crippen LogP contribution >= 0.6 is 11.8 Å². The van der Waals surface area contributed by atoms with Crippen LogP contribution in [0.1, 0.15) is 39.2 Å². The van der Waals surface area contributed by atoms with Crippen LogP contribution in [0.2, 0.25) is 0 Å². The Kier molecular flexibility index (Phi) is 7.29. The van der Waals surface area contributed by atoms with Gasteiger partial charge in [-0.2, -0.15) is 0 Å². The second-order valence-corrected chi connectivity index (χ2v) is 5.85. The maximum Gasteiger partial charge on any atom is 0.0960 e. The Morgan fingerprint density at radius 3 is 2.76 bits per heavy atom. The van der Waals surface area contributed by atoms with E-state index in [9.17, 15) is 0 Å². The van der Waals surface area contributed by atoms with Gasteiger partial charge in [-0.25, -0.2) is 4.98 Å². The van der Waals surface area contributed by atoms with E-state index in [0.717, 1.165) is 18.1 Å². The summed E-state index contributed by atoms with van der Waals surface area (Å²) in [6, 6.07) is 4.31. The Balaban J connectivity index is 2.29. The number of nitrogens with one attached hydrogen (secondary N) is 1. The van der Waals surface area contributed by atoms with E-state index in [2.05, 4.69) is 43.2 Å². The van der Waals surface area contributed by atoms with Gasteiger partial charge < -0.3 is 5.32 Å². The van der Waals surface area contributed by atoms with Crippen LogP contribution in [0.15, 0.2) is 23.4 Å². The number of nitrogens with zero attached hydrogens (tertiary/aromatic N) is 1. The number of thioether (sulfide) groups is 1. The van der Waals surface area contributed by atoms with E-state index in [1.165, 1.54) is 24.2 Å². The maximum absolute atomic E-state index is 4.47. The number of hydrogen-bond acceptors (Lipinski definition) is 3. The molecular formula is C14H24N2S. The van der Waals surface area contributed by atoms with Gasteiger partial charge in [0.15, 0.2) is 0 Å². The molecule has 0 spiro atoms. The van der Waals surface area contributed by atoms with Crippen molar-refractivity contribution < 1.29 is 0 Å². The molecule has 17 heavy (non-hydrogen) atoms. The van der Waals surface area contributed by atoms with E-state index in [0.29, 0.717) is 5.92 Å². The minimum Gasteiger partial charge on any atom is -0.312 e. The molecule has 2 nitrogen and oxygen atoms in total. The number of rotatable bonds is 8. The minimum atomic E-state index is 0.701. The molecule has 0 bridgehead atoms. The highest BCUT2D eigenvalue weighted by atomic mass is 32.2. The van der Waals surface area contributed by atoms with E-state index in [1.54, 1.807) is 0 Å². The molecule has 0 radical (unpaired) electrons. The molecule has 1 N–H and O–H groups in total. The van der Waals surface area contributed by atoms with Gasteiger partial charge in [-0.3, -0.25) is 0 Å². The first kappa shape index (κ1) is 14.5. The summed E-state index contributed by atoms with van der Waals surface area (Å²) in [5.74, 6) is 1.88. The summed E-state index contributed by atoms with van der Waals surface area (Å²) in [5, 5.41) is 4.57. The van der Waals surface area contributed by atoms with E-state index < -0.39 is 0 Å². The van der Waals surface area contributed by atoms with Crippen LogP contribution in [0.5, 0.6) is 0 Å². The summed E-state index contributed by atoms with van der Waals surface area (Å²) in [6.45, 7) is 8.65. The average Bonchev–Trinajstić information content (AvgIpc) is 2.31. The maximum atomic E-state index is 4.47. The van der Waals surface area contributed by atoms with Gasteiger partial charge in [0.25, 0.3) is 0 Å². The molecule has 1 aromatic rings. The summed E-state index contributed by atoms with van der Waals surface area (Å²) in [7, 11) is 0. The van der Waals surface area contributed by atoms with Gasteiger partial charge in [0.1, 0.15) is 0 Å². The zero-order valence-corrected chi connectivity index (χ0v) is 12.0. The molecule has 0 atom stereocenters. The van der Waals surface area contributed by atoms with Crippen molar-refractivity contribution in [2.45, 2.75) is 45.2 Å². The Morgan fingerprint density at radius 1 is 1.35 bits per heavy atom. The molecule has 0 aliphatic carbocycles. The second-order valence-electron chi connectivity index (χ2n) is 4.73. The normalized spacial score (nSPS) is 11.1. The van der Waals surface area contributed by atoms with Crippen LogP contribution in [0, 0.1) is 5.92 Å². The molecule has 0 saturated carbocycles. The van der Waals surface area contributed by atoms with E-state index >= 15 is 0 Å². The highest BCUT2D eigenvalue weighted by Crippen LogP contribution is 2.16. The Hall–Kier alpha value is -0.540. The van der Waals surface area contributed by atoms with Gasteiger partial charge in [0.05, 0.1) is 5.03 Å². The molecule has 0 aromatic carbocycles. The largest absolute Gasteiger partial charge is 0.312 e. The quantitative estimate of drug-likeness (QED) is 0.564. The first-order valence-corrected chi connectivity index (χ1v) is 7.49. The molecule has 0 fully saturated rings. The van der Waals surface area contributed by atoms with Crippen LogP contribution in [0.4, 0.5) is 0 Å². The third kappa shape index (κ3) is 6.69. The molecule has 3 heteroatoms. The van der Waals surface area contributed by atoms with Crippen molar-refractivity contribution in [2.75, 3.05) is 12.3 Å². The summed E-state index contributed by atoms with van der Waals surface area (Å²) < 4.78 is 0. The molecule has 1 rings (SSSR count). The Morgan fingerprint density at radius 2 is 2.18 bits per heavy atom. The predicted octanol–water partition coefficient (Wildman–Crippen LogP) is 3.72. The van der Waals surface area contributed by atoms with Gasteiger partial charge in [-0.15, -0.1) is 11.8 Å². The SMILES string of the molecule is CCCCSc1ccc(CNCC(C)C)cn1. The van der Waals surface area contributed by atoms with Gasteiger partial charge in [0, 0.05) is 12.7 Å².